The van der Waals surface area contributed by atoms with Crippen LogP contribution in [-0.2, 0) is 4.74 Å². The maximum Gasteiger partial charge on any atom is 0.319 e. The van der Waals surface area contributed by atoms with Gasteiger partial charge < -0.3 is 15.4 Å². The Morgan fingerprint density at radius 1 is 1.25 bits per heavy atom. The van der Waals surface area contributed by atoms with Crippen molar-refractivity contribution in [3.63, 3.8) is 0 Å². The van der Waals surface area contributed by atoms with Gasteiger partial charge in [0.15, 0.2) is 0 Å². The summed E-state index contributed by atoms with van der Waals surface area (Å²) >= 11 is 3.36. The molecule has 1 aliphatic rings. The highest BCUT2D eigenvalue weighted by Gasteiger charge is 2.09. The molecule has 0 saturated carbocycles. The van der Waals surface area contributed by atoms with Gasteiger partial charge in [0.1, 0.15) is 0 Å². The molecule has 1 heterocycles. The summed E-state index contributed by atoms with van der Waals surface area (Å²) in [7, 11) is 0. The van der Waals surface area contributed by atoms with Crippen molar-refractivity contribution in [1.29, 1.82) is 0 Å². The van der Waals surface area contributed by atoms with Crippen LogP contribution in [-0.4, -0.2) is 50.3 Å². The molecule has 20 heavy (non-hydrogen) atoms. The van der Waals surface area contributed by atoms with E-state index in [0.29, 0.717) is 6.54 Å². The Bertz CT molecular complexity index is 419. The van der Waals surface area contributed by atoms with E-state index in [1.54, 1.807) is 0 Å². The SMILES string of the molecule is O=C(NCCCN1CCOCC1)Nc1ccc(Br)cc1. The molecule has 0 radical (unpaired) electrons. The Kier molecular flexibility index (Phi) is 6.29. The van der Waals surface area contributed by atoms with Crippen molar-refractivity contribution in [2.75, 3.05) is 44.7 Å². The van der Waals surface area contributed by atoms with Crippen molar-refractivity contribution >= 4 is 27.6 Å². The number of benzene rings is 1. The number of carbonyl (C=O) groups excluding carboxylic acids is 1. The van der Waals surface area contributed by atoms with Gasteiger partial charge in [0, 0.05) is 29.8 Å². The fourth-order valence-corrected chi connectivity index (χ4v) is 2.30. The van der Waals surface area contributed by atoms with Crippen LogP contribution in [0.4, 0.5) is 10.5 Å². The Morgan fingerprint density at radius 3 is 2.65 bits per heavy atom. The molecule has 0 aliphatic carbocycles. The quantitative estimate of drug-likeness (QED) is 0.808. The average Bonchev–Trinajstić information content (AvgIpc) is 2.47. The number of carbonyl (C=O) groups is 1. The molecule has 2 N–H and O–H groups in total. The Balaban J connectivity index is 1.59. The Morgan fingerprint density at radius 2 is 1.95 bits per heavy atom. The van der Waals surface area contributed by atoms with Gasteiger partial charge >= 0.3 is 6.03 Å². The summed E-state index contributed by atoms with van der Waals surface area (Å²) in [5, 5.41) is 5.67. The Labute approximate surface area is 127 Å². The first-order valence-corrected chi connectivity index (χ1v) is 7.64. The van der Waals surface area contributed by atoms with Crippen LogP contribution in [0.25, 0.3) is 0 Å². The highest BCUT2D eigenvalue weighted by Crippen LogP contribution is 2.13. The van der Waals surface area contributed by atoms with Crippen molar-refractivity contribution in [2.45, 2.75) is 6.42 Å². The summed E-state index contributed by atoms with van der Waals surface area (Å²) in [5.74, 6) is 0. The molecule has 2 amide bonds. The molecule has 6 heteroatoms. The number of hydrogen-bond donors (Lipinski definition) is 2. The number of ether oxygens (including phenoxy) is 1. The second-order valence-corrected chi connectivity index (χ2v) is 5.61. The lowest BCUT2D eigenvalue weighted by molar-refractivity contribution is 0.0375. The maximum absolute atomic E-state index is 11.7. The summed E-state index contributed by atoms with van der Waals surface area (Å²) in [6.07, 6.45) is 0.952. The van der Waals surface area contributed by atoms with E-state index < -0.39 is 0 Å². The lowest BCUT2D eigenvalue weighted by Crippen LogP contribution is -2.38. The number of amides is 2. The minimum Gasteiger partial charge on any atom is -0.379 e. The lowest BCUT2D eigenvalue weighted by atomic mass is 10.3. The van der Waals surface area contributed by atoms with Gasteiger partial charge in [-0.3, -0.25) is 4.90 Å². The van der Waals surface area contributed by atoms with E-state index in [2.05, 4.69) is 31.5 Å². The third-order valence-electron chi connectivity index (χ3n) is 3.14. The average molecular weight is 342 g/mol. The molecule has 5 nitrogen and oxygen atoms in total. The third-order valence-corrected chi connectivity index (χ3v) is 3.67. The van der Waals surface area contributed by atoms with Crippen LogP contribution in [0.5, 0.6) is 0 Å². The molecule has 2 rings (SSSR count). The number of nitrogens with one attached hydrogen (secondary N) is 2. The number of rotatable bonds is 5. The number of morpholine rings is 1. The largest absolute Gasteiger partial charge is 0.379 e. The van der Waals surface area contributed by atoms with Crippen molar-refractivity contribution in [1.82, 2.24) is 10.2 Å². The van der Waals surface area contributed by atoms with E-state index >= 15 is 0 Å². The standard InChI is InChI=1S/C14H20BrN3O2/c15-12-2-4-13(5-3-12)17-14(19)16-6-1-7-18-8-10-20-11-9-18/h2-5H,1,6-11H2,(H2,16,17,19). The first kappa shape index (κ1) is 15.3. The minimum absolute atomic E-state index is 0.158. The van der Waals surface area contributed by atoms with Gasteiger partial charge in [0.05, 0.1) is 13.2 Å². The maximum atomic E-state index is 11.7. The molecule has 0 atom stereocenters. The second kappa shape index (κ2) is 8.24. The molecular formula is C14H20BrN3O2. The van der Waals surface area contributed by atoms with E-state index in [1.165, 1.54) is 0 Å². The van der Waals surface area contributed by atoms with Gasteiger partial charge in [-0.2, -0.15) is 0 Å². The van der Waals surface area contributed by atoms with Gasteiger partial charge in [-0.1, -0.05) is 15.9 Å². The first-order valence-electron chi connectivity index (χ1n) is 6.84. The van der Waals surface area contributed by atoms with Crippen LogP contribution in [0.2, 0.25) is 0 Å². The molecular weight excluding hydrogens is 322 g/mol. The molecule has 110 valence electrons. The van der Waals surface area contributed by atoms with Crippen LogP contribution in [0.3, 0.4) is 0 Å². The molecule has 1 fully saturated rings. The van der Waals surface area contributed by atoms with Crippen molar-refractivity contribution in [2.24, 2.45) is 0 Å². The third kappa shape index (κ3) is 5.48. The van der Waals surface area contributed by atoms with Gasteiger partial charge in [-0.25, -0.2) is 4.79 Å². The van der Waals surface area contributed by atoms with Gasteiger partial charge in [-0.05, 0) is 37.2 Å². The van der Waals surface area contributed by atoms with Crippen molar-refractivity contribution in [3.8, 4) is 0 Å². The van der Waals surface area contributed by atoms with Gasteiger partial charge in [0.25, 0.3) is 0 Å². The fourth-order valence-electron chi connectivity index (χ4n) is 2.04. The van der Waals surface area contributed by atoms with Crippen LogP contribution in [0, 0.1) is 0 Å². The van der Waals surface area contributed by atoms with E-state index in [9.17, 15) is 4.79 Å². The first-order chi connectivity index (χ1) is 9.74. The molecule has 0 bridgehead atoms. The van der Waals surface area contributed by atoms with E-state index in [0.717, 1.165) is 49.4 Å². The highest BCUT2D eigenvalue weighted by molar-refractivity contribution is 9.10. The number of halogens is 1. The summed E-state index contributed by atoms with van der Waals surface area (Å²) in [6, 6.07) is 7.35. The van der Waals surface area contributed by atoms with Gasteiger partial charge in [0.2, 0.25) is 0 Å². The van der Waals surface area contributed by atoms with E-state index in [4.69, 9.17) is 4.74 Å². The zero-order valence-corrected chi connectivity index (χ0v) is 13.0. The van der Waals surface area contributed by atoms with Crippen LogP contribution < -0.4 is 10.6 Å². The molecule has 1 aromatic rings. The van der Waals surface area contributed by atoms with Gasteiger partial charge in [-0.15, -0.1) is 0 Å². The summed E-state index contributed by atoms with van der Waals surface area (Å²) in [5.41, 5.74) is 0.791. The number of urea groups is 1. The number of nitrogens with zero attached hydrogens (tertiary/aromatic N) is 1. The van der Waals surface area contributed by atoms with Crippen LogP contribution >= 0.6 is 15.9 Å². The number of hydrogen-bond acceptors (Lipinski definition) is 3. The molecule has 0 spiro atoms. The van der Waals surface area contributed by atoms with E-state index in [-0.39, 0.29) is 6.03 Å². The smallest absolute Gasteiger partial charge is 0.319 e. The van der Waals surface area contributed by atoms with Crippen molar-refractivity contribution < 1.29 is 9.53 Å². The fraction of sp³-hybridized carbons (Fsp3) is 0.500. The van der Waals surface area contributed by atoms with Crippen LogP contribution in [0.15, 0.2) is 28.7 Å². The molecule has 1 aromatic carbocycles. The lowest BCUT2D eigenvalue weighted by Gasteiger charge is -2.26. The highest BCUT2D eigenvalue weighted by atomic mass is 79.9. The summed E-state index contributed by atoms with van der Waals surface area (Å²) < 4.78 is 6.29. The van der Waals surface area contributed by atoms with E-state index in [1.807, 2.05) is 24.3 Å². The predicted octanol–water partition coefficient (Wildman–Crippen LogP) is 2.29. The Hall–Kier alpha value is -1.11. The zero-order valence-electron chi connectivity index (χ0n) is 11.4. The minimum atomic E-state index is -0.158. The van der Waals surface area contributed by atoms with Crippen molar-refractivity contribution in [3.05, 3.63) is 28.7 Å². The zero-order chi connectivity index (χ0) is 14.2. The second-order valence-electron chi connectivity index (χ2n) is 4.70. The molecule has 1 aliphatic heterocycles. The monoisotopic (exact) mass is 341 g/mol. The molecule has 1 saturated heterocycles. The normalized spacial score (nSPS) is 15.8. The van der Waals surface area contributed by atoms with Crippen LogP contribution in [0.1, 0.15) is 6.42 Å². The topological polar surface area (TPSA) is 53.6 Å². The summed E-state index contributed by atoms with van der Waals surface area (Å²) in [6.45, 7) is 5.30. The number of anilines is 1. The molecule has 0 aromatic heterocycles. The predicted molar refractivity (Wildman–Crippen MR) is 83.0 cm³/mol. The summed E-state index contributed by atoms with van der Waals surface area (Å²) in [4.78, 5) is 14.0. The molecule has 0 unspecified atom stereocenters.